The molecule has 0 unspecified atom stereocenters. The van der Waals surface area contributed by atoms with Crippen molar-refractivity contribution in [2.45, 2.75) is 0 Å². The lowest BCUT2D eigenvalue weighted by molar-refractivity contribution is 0.669. The molecule has 0 fully saturated rings. The number of benzene rings is 8. The maximum atomic E-state index is 9.28. The van der Waals surface area contributed by atoms with Gasteiger partial charge in [0.15, 0.2) is 0 Å². The minimum absolute atomic E-state index is 0.00211. The highest BCUT2D eigenvalue weighted by atomic mass is 16.3. The number of fused-ring (bicyclic) bond motifs is 5. The van der Waals surface area contributed by atoms with Crippen LogP contribution in [0.3, 0.4) is 0 Å². The van der Waals surface area contributed by atoms with Crippen LogP contribution in [0.2, 0.25) is 0 Å². The topological polar surface area (TPSA) is 13.1 Å². The average Bonchev–Trinajstić information content (AvgIpc) is 3.61. The van der Waals surface area contributed by atoms with Gasteiger partial charge in [-0.2, -0.15) is 0 Å². The Morgan fingerprint density at radius 3 is 1.42 bits per heavy atom. The summed E-state index contributed by atoms with van der Waals surface area (Å²) in [5, 5.41) is 4.18. The molecule has 0 atom stereocenters. The third-order valence-electron chi connectivity index (χ3n) is 8.11. The predicted molar refractivity (Wildman–Crippen MR) is 190 cm³/mol. The molecule has 0 radical (unpaired) electrons. The van der Waals surface area contributed by atoms with E-state index in [0.717, 1.165) is 27.3 Å². The highest BCUT2D eigenvalue weighted by Crippen LogP contribution is 2.45. The molecule has 9 rings (SSSR count). The van der Waals surface area contributed by atoms with Crippen molar-refractivity contribution in [1.29, 1.82) is 0 Å². The smallest absolute Gasteiger partial charge is 0.136 e. The summed E-state index contributed by atoms with van der Waals surface area (Å²) < 4.78 is 126. The first kappa shape index (κ1) is 15.2. The van der Waals surface area contributed by atoms with Crippen LogP contribution >= 0.6 is 0 Å². The Morgan fingerprint density at radius 2 is 0.822 bits per heavy atom. The van der Waals surface area contributed by atoms with E-state index >= 15 is 0 Å². The Bertz CT molecular complexity index is 3190. The van der Waals surface area contributed by atoms with E-state index in [9.17, 15) is 2.74 Å². The Kier molecular flexibility index (Phi) is 3.50. The van der Waals surface area contributed by atoms with Crippen molar-refractivity contribution in [3.05, 3.63) is 170 Å². The van der Waals surface area contributed by atoms with Crippen molar-refractivity contribution in [2.75, 3.05) is 0 Å². The largest absolute Gasteiger partial charge is 0.456 e. The summed E-state index contributed by atoms with van der Waals surface area (Å²) in [5.41, 5.74) is 2.85. The molecule has 45 heavy (non-hydrogen) atoms. The number of rotatable bonds is 4. The maximum absolute atomic E-state index is 9.28. The van der Waals surface area contributed by atoms with E-state index in [2.05, 4.69) is 0 Å². The highest BCUT2D eigenvalue weighted by molar-refractivity contribution is 6.22. The molecule has 1 aromatic heterocycles. The zero-order chi connectivity index (χ0) is 41.9. The minimum atomic E-state index is -0.645. The molecule has 0 aliphatic heterocycles. The first-order chi connectivity index (χ1) is 28.1. The van der Waals surface area contributed by atoms with E-state index in [-0.39, 0.29) is 28.8 Å². The van der Waals surface area contributed by atoms with E-state index in [1.54, 1.807) is 18.2 Å². The van der Waals surface area contributed by atoms with Gasteiger partial charge >= 0.3 is 0 Å². The normalized spacial score (nSPS) is 15.9. The molecular formula is C44H28O. The zero-order valence-corrected chi connectivity index (χ0v) is 23.5. The van der Waals surface area contributed by atoms with Gasteiger partial charge in [0.05, 0.1) is 19.2 Å². The first-order valence-corrected chi connectivity index (χ1v) is 14.3. The van der Waals surface area contributed by atoms with Crippen LogP contribution < -0.4 is 0 Å². The van der Waals surface area contributed by atoms with Gasteiger partial charge in [-0.25, -0.2) is 0 Å². The van der Waals surface area contributed by atoms with Gasteiger partial charge in [-0.3, -0.25) is 0 Å². The number of hydrogen-bond acceptors (Lipinski definition) is 1. The van der Waals surface area contributed by atoms with Crippen LogP contribution in [0.5, 0.6) is 0 Å². The fourth-order valence-electron chi connectivity index (χ4n) is 6.13. The molecule has 0 bridgehead atoms. The second-order valence-electron chi connectivity index (χ2n) is 10.6. The molecule has 0 N–H and O–H groups in total. The summed E-state index contributed by atoms with van der Waals surface area (Å²) in [6.45, 7) is 0. The third kappa shape index (κ3) is 4.24. The third-order valence-corrected chi connectivity index (χ3v) is 8.11. The summed E-state index contributed by atoms with van der Waals surface area (Å²) in [6.07, 6.45) is 0. The van der Waals surface area contributed by atoms with Crippen molar-refractivity contribution < 1.29 is 23.6 Å². The van der Waals surface area contributed by atoms with Crippen LogP contribution in [-0.4, -0.2) is 0 Å². The SMILES string of the molecule is [2H]c1c([2H])c([2H])c(-c2ccc3oc4cc(-c5c6ccccc6c(-c6c([2H])c([2H])c(-c7c([2H])c([2H])c([2H])c([2H])c7[2H])c([2H])c6[2H])c6ccccc56)ccc4c3c2)c([2H])c1[2H]. The lowest BCUT2D eigenvalue weighted by atomic mass is 9.85. The van der Waals surface area contributed by atoms with Crippen LogP contribution in [0.15, 0.2) is 174 Å². The molecule has 210 valence electrons. The molecule has 0 amide bonds. The molecule has 0 saturated carbocycles. The van der Waals surface area contributed by atoms with E-state index in [4.69, 9.17) is 20.9 Å². The van der Waals surface area contributed by atoms with E-state index in [1.807, 2.05) is 66.7 Å². The summed E-state index contributed by atoms with van der Waals surface area (Å²) in [5.74, 6) is 0. The molecule has 0 saturated heterocycles. The standard InChI is InChI=1S/C44H28O/c1-3-11-29(12-4-1)31-19-21-32(22-20-31)43-36-15-7-9-17-38(36)44(39-18-10-8-16-37(39)43)34-23-25-35-40-27-33(30-13-5-2-6-14-30)24-26-41(40)45-42(35)28-34/h1-28H/i1D,2D,3D,4D,5D,6D,11D,12D,13D,14D,19D,20D,21D,22D. The average molecular weight is 587 g/mol. The van der Waals surface area contributed by atoms with E-state index in [1.165, 1.54) is 0 Å². The predicted octanol–water partition coefficient (Wildman–Crippen LogP) is 12.6. The van der Waals surface area contributed by atoms with Crippen LogP contribution in [0.1, 0.15) is 19.2 Å². The molecule has 0 aliphatic rings. The summed E-state index contributed by atoms with van der Waals surface area (Å²) >= 11 is 0. The molecule has 1 heterocycles. The molecule has 1 heteroatoms. The van der Waals surface area contributed by atoms with Gasteiger partial charge in [0, 0.05) is 10.8 Å². The Balaban J connectivity index is 1.27. The molecule has 1 nitrogen and oxygen atoms in total. The Morgan fingerprint density at radius 1 is 0.333 bits per heavy atom. The fourth-order valence-corrected chi connectivity index (χ4v) is 6.13. The van der Waals surface area contributed by atoms with Crippen LogP contribution in [0, 0.1) is 0 Å². The van der Waals surface area contributed by atoms with Gasteiger partial charge in [0.1, 0.15) is 11.2 Å². The minimum Gasteiger partial charge on any atom is -0.456 e. The van der Waals surface area contributed by atoms with Gasteiger partial charge in [-0.05, 0) is 90.3 Å². The Labute approximate surface area is 281 Å². The van der Waals surface area contributed by atoms with E-state index < -0.39 is 78.1 Å². The second-order valence-corrected chi connectivity index (χ2v) is 10.6. The van der Waals surface area contributed by atoms with Gasteiger partial charge in [0.2, 0.25) is 0 Å². The van der Waals surface area contributed by atoms with Gasteiger partial charge in [-0.1, -0.05) is 145 Å². The van der Waals surface area contributed by atoms with Crippen molar-refractivity contribution >= 4 is 43.5 Å². The molecule has 0 aliphatic carbocycles. The highest BCUT2D eigenvalue weighted by Gasteiger charge is 2.18. The quantitative estimate of drug-likeness (QED) is 0.187. The lowest BCUT2D eigenvalue weighted by Crippen LogP contribution is -1.91. The van der Waals surface area contributed by atoms with Gasteiger partial charge < -0.3 is 4.42 Å². The van der Waals surface area contributed by atoms with Gasteiger partial charge in [0.25, 0.3) is 0 Å². The lowest BCUT2D eigenvalue weighted by Gasteiger charge is -2.18. The van der Waals surface area contributed by atoms with Crippen molar-refractivity contribution in [1.82, 2.24) is 0 Å². The van der Waals surface area contributed by atoms with Crippen molar-refractivity contribution in [3.8, 4) is 44.5 Å². The molecular weight excluding hydrogens is 544 g/mol. The number of furan rings is 1. The van der Waals surface area contributed by atoms with Crippen LogP contribution in [0.25, 0.3) is 88.0 Å². The van der Waals surface area contributed by atoms with Crippen LogP contribution in [0.4, 0.5) is 0 Å². The summed E-state index contributed by atoms with van der Waals surface area (Å²) in [6, 6.07) is 18.7. The zero-order valence-electron chi connectivity index (χ0n) is 37.5. The second kappa shape index (κ2) is 10.4. The summed E-state index contributed by atoms with van der Waals surface area (Å²) in [7, 11) is 0. The molecule has 0 spiro atoms. The van der Waals surface area contributed by atoms with Crippen molar-refractivity contribution in [3.63, 3.8) is 0 Å². The van der Waals surface area contributed by atoms with Crippen LogP contribution in [-0.2, 0) is 0 Å². The van der Waals surface area contributed by atoms with Gasteiger partial charge in [-0.15, -0.1) is 0 Å². The number of hydrogen-bond donors (Lipinski definition) is 0. The first-order valence-electron chi connectivity index (χ1n) is 21.3. The fraction of sp³-hybridized carbons (Fsp3) is 0. The summed E-state index contributed by atoms with van der Waals surface area (Å²) in [4.78, 5) is 0. The molecule has 8 aromatic carbocycles. The molecule has 9 aromatic rings. The Hall–Kier alpha value is -5.92. The maximum Gasteiger partial charge on any atom is 0.136 e. The monoisotopic (exact) mass is 586 g/mol. The van der Waals surface area contributed by atoms with Crippen molar-refractivity contribution in [2.24, 2.45) is 0 Å². The van der Waals surface area contributed by atoms with E-state index in [0.29, 0.717) is 38.5 Å².